The van der Waals surface area contributed by atoms with E-state index in [1.807, 2.05) is 0 Å². The number of hydrogen-bond donors (Lipinski definition) is 2. The van der Waals surface area contributed by atoms with Crippen molar-refractivity contribution in [3.8, 4) is 0 Å². The fraction of sp³-hybridized carbons (Fsp3) is 0.167. The van der Waals surface area contributed by atoms with Gasteiger partial charge in [0.15, 0.2) is 0 Å². The molecule has 0 aliphatic heterocycles. The van der Waals surface area contributed by atoms with Gasteiger partial charge >= 0.3 is 0 Å². The highest BCUT2D eigenvalue weighted by Crippen LogP contribution is 2.18. The smallest absolute Gasteiger partial charge is 0.256 e. The number of nitrogens with two attached hydrogens (primary N) is 1. The van der Waals surface area contributed by atoms with E-state index in [9.17, 15) is 13.6 Å². The number of nitrogen functional groups attached to an aromatic ring is 1. The van der Waals surface area contributed by atoms with Crippen LogP contribution < -0.4 is 5.73 Å². The molecule has 0 aliphatic rings. The second kappa shape index (κ2) is 5.05. The summed E-state index contributed by atoms with van der Waals surface area (Å²) in [5.74, 6) is -2.40. The van der Waals surface area contributed by atoms with E-state index in [4.69, 9.17) is 5.73 Å². The summed E-state index contributed by atoms with van der Waals surface area (Å²) >= 11 is 0. The summed E-state index contributed by atoms with van der Waals surface area (Å²) in [5, 5.41) is 6.35. The van der Waals surface area contributed by atoms with Gasteiger partial charge < -0.3 is 10.6 Å². The van der Waals surface area contributed by atoms with Gasteiger partial charge in [-0.05, 0) is 6.07 Å². The summed E-state index contributed by atoms with van der Waals surface area (Å²) in [4.78, 5) is 13.3. The monoisotopic (exact) mass is 266 g/mol. The van der Waals surface area contributed by atoms with Gasteiger partial charge in [-0.3, -0.25) is 9.89 Å². The van der Waals surface area contributed by atoms with E-state index in [1.54, 1.807) is 12.4 Å². The van der Waals surface area contributed by atoms with Crippen LogP contribution in [0.25, 0.3) is 0 Å². The van der Waals surface area contributed by atoms with Crippen LogP contribution in [0.4, 0.5) is 14.5 Å². The van der Waals surface area contributed by atoms with Crippen molar-refractivity contribution in [1.82, 2.24) is 15.1 Å². The zero-order chi connectivity index (χ0) is 14.0. The maximum absolute atomic E-state index is 13.6. The quantitative estimate of drug-likeness (QED) is 0.827. The van der Waals surface area contributed by atoms with Crippen LogP contribution in [0.2, 0.25) is 0 Å². The normalized spacial score (nSPS) is 10.5. The average molecular weight is 266 g/mol. The first-order valence-corrected chi connectivity index (χ1v) is 5.46. The van der Waals surface area contributed by atoms with E-state index < -0.39 is 17.5 Å². The second-order valence-corrected chi connectivity index (χ2v) is 4.12. The molecule has 1 aromatic carbocycles. The zero-order valence-electron chi connectivity index (χ0n) is 10.2. The molecule has 1 heterocycles. The molecule has 19 heavy (non-hydrogen) atoms. The topological polar surface area (TPSA) is 75.0 Å². The van der Waals surface area contributed by atoms with Gasteiger partial charge in [0.05, 0.1) is 17.4 Å². The number of benzene rings is 1. The molecule has 0 unspecified atom stereocenters. The van der Waals surface area contributed by atoms with Crippen LogP contribution in [0.5, 0.6) is 0 Å². The highest BCUT2D eigenvalue weighted by molar-refractivity contribution is 5.95. The van der Waals surface area contributed by atoms with Crippen LogP contribution in [0.15, 0.2) is 24.5 Å². The largest absolute Gasteiger partial charge is 0.396 e. The van der Waals surface area contributed by atoms with Crippen LogP contribution in [0.1, 0.15) is 15.9 Å². The minimum Gasteiger partial charge on any atom is -0.396 e. The lowest BCUT2D eigenvalue weighted by atomic mass is 10.1. The van der Waals surface area contributed by atoms with Crippen molar-refractivity contribution in [2.24, 2.45) is 0 Å². The fourth-order valence-electron chi connectivity index (χ4n) is 1.65. The van der Waals surface area contributed by atoms with Crippen molar-refractivity contribution in [1.29, 1.82) is 0 Å². The van der Waals surface area contributed by atoms with Crippen molar-refractivity contribution < 1.29 is 13.6 Å². The number of aromatic nitrogens is 2. The zero-order valence-corrected chi connectivity index (χ0v) is 10.2. The average Bonchev–Trinajstić information content (AvgIpc) is 2.85. The molecule has 0 aliphatic carbocycles. The Bertz CT molecular complexity index is 598. The first kappa shape index (κ1) is 13.0. The molecule has 5 nitrogen and oxygen atoms in total. The number of halogens is 2. The minimum atomic E-state index is -0.934. The number of H-pyrrole nitrogens is 1. The molecule has 0 saturated carbocycles. The molecule has 100 valence electrons. The number of carbonyl (C=O) groups excluding carboxylic acids is 1. The molecular weight excluding hydrogens is 254 g/mol. The molecule has 0 atom stereocenters. The lowest BCUT2D eigenvalue weighted by Crippen LogP contribution is -2.27. The molecule has 0 bridgehead atoms. The summed E-state index contributed by atoms with van der Waals surface area (Å²) in [5.41, 5.74) is 5.58. The Kier molecular flexibility index (Phi) is 3.46. The van der Waals surface area contributed by atoms with Gasteiger partial charge in [-0.2, -0.15) is 5.10 Å². The van der Waals surface area contributed by atoms with Gasteiger partial charge in [0.2, 0.25) is 0 Å². The maximum atomic E-state index is 13.6. The van der Waals surface area contributed by atoms with E-state index >= 15 is 0 Å². The summed E-state index contributed by atoms with van der Waals surface area (Å²) in [7, 11) is 1.51. The summed E-state index contributed by atoms with van der Waals surface area (Å²) in [6.07, 6.45) is 3.18. The molecule has 0 spiro atoms. The molecule has 1 aromatic heterocycles. The Labute approximate surface area is 108 Å². The maximum Gasteiger partial charge on any atom is 0.256 e. The molecule has 0 saturated heterocycles. The van der Waals surface area contributed by atoms with E-state index in [0.29, 0.717) is 6.07 Å². The van der Waals surface area contributed by atoms with Gasteiger partial charge in [-0.1, -0.05) is 0 Å². The number of rotatable bonds is 3. The van der Waals surface area contributed by atoms with Crippen molar-refractivity contribution >= 4 is 11.6 Å². The van der Waals surface area contributed by atoms with Gasteiger partial charge in [-0.15, -0.1) is 0 Å². The predicted octanol–water partition coefficient (Wildman–Crippen LogP) is 1.54. The van der Waals surface area contributed by atoms with E-state index in [1.165, 1.54) is 11.9 Å². The number of amides is 1. The third kappa shape index (κ3) is 2.70. The van der Waals surface area contributed by atoms with Crippen molar-refractivity contribution in [2.45, 2.75) is 6.54 Å². The van der Waals surface area contributed by atoms with Gasteiger partial charge in [0.1, 0.15) is 11.6 Å². The van der Waals surface area contributed by atoms with E-state index in [-0.39, 0.29) is 17.8 Å². The molecule has 0 radical (unpaired) electrons. The van der Waals surface area contributed by atoms with Crippen molar-refractivity contribution in [3.63, 3.8) is 0 Å². The molecular formula is C12H12F2N4O. The molecule has 3 N–H and O–H groups in total. The summed E-state index contributed by atoms with van der Waals surface area (Å²) in [6.45, 7) is 0.256. The van der Waals surface area contributed by atoms with Crippen LogP contribution >= 0.6 is 0 Å². The fourth-order valence-corrected chi connectivity index (χ4v) is 1.65. The molecule has 1 amide bonds. The minimum absolute atomic E-state index is 0.256. The molecule has 2 rings (SSSR count). The summed E-state index contributed by atoms with van der Waals surface area (Å²) < 4.78 is 26.6. The molecule has 2 aromatic rings. The Hall–Kier alpha value is -2.44. The predicted molar refractivity (Wildman–Crippen MR) is 65.2 cm³/mol. The third-order valence-electron chi connectivity index (χ3n) is 2.64. The Morgan fingerprint density at radius 2 is 2.16 bits per heavy atom. The van der Waals surface area contributed by atoms with Crippen LogP contribution in [-0.4, -0.2) is 28.1 Å². The van der Waals surface area contributed by atoms with Crippen LogP contribution in [0, 0.1) is 11.6 Å². The van der Waals surface area contributed by atoms with Crippen LogP contribution in [-0.2, 0) is 6.54 Å². The van der Waals surface area contributed by atoms with E-state index in [0.717, 1.165) is 11.6 Å². The first-order chi connectivity index (χ1) is 8.99. The Morgan fingerprint density at radius 1 is 1.42 bits per heavy atom. The highest BCUT2D eigenvalue weighted by Gasteiger charge is 2.18. The molecule has 0 fully saturated rings. The lowest BCUT2D eigenvalue weighted by Gasteiger charge is -2.17. The number of nitrogens with zero attached hydrogens (tertiary/aromatic N) is 2. The SMILES string of the molecule is CN(Cc1cn[nH]c1)C(=O)c1cc(N)c(F)cc1F. The highest BCUT2D eigenvalue weighted by atomic mass is 19.1. The van der Waals surface area contributed by atoms with Gasteiger partial charge in [-0.25, -0.2) is 8.78 Å². The number of hydrogen-bond acceptors (Lipinski definition) is 3. The number of anilines is 1. The Morgan fingerprint density at radius 3 is 2.79 bits per heavy atom. The standard InChI is InChI=1S/C12H12F2N4O/c1-18(6-7-4-16-17-5-7)12(19)8-2-11(15)10(14)3-9(8)13/h2-5H,6,15H2,1H3,(H,16,17). The first-order valence-electron chi connectivity index (χ1n) is 5.46. The van der Waals surface area contributed by atoms with E-state index in [2.05, 4.69) is 10.2 Å². The van der Waals surface area contributed by atoms with Crippen molar-refractivity contribution in [2.75, 3.05) is 12.8 Å². The number of nitrogens with one attached hydrogen (secondary N) is 1. The number of aromatic amines is 1. The third-order valence-corrected chi connectivity index (χ3v) is 2.64. The Balaban J connectivity index is 2.21. The second-order valence-electron chi connectivity index (χ2n) is 4.12. The van der Waals surface area contributed by atoms with Crippen LogP contribution in [0.3, 0.4) is 0 Å². The number of carbonyl (C=O) groups is 1. The van der Waals surface area contributed by atoms with Gasteiger partial charge in [0.25, 0.3) is 5.91 Å². The lowest BCUT2D eigenvalue weighted by molar-refractivity contribution is 0.0780. The molecule has 7 heteroatoms. The van der Waals surface area contributed by atoms with Crippen molar-refractivity contribution in [3.05, 3.63) is 47.3 Å². The van der Waals surface area contributed by atoms with Gasteiger partial charge in [0, 0.05) is 31.4 Å². The summed E-state index contributed by atoms with van der Waals surface area (Å²) in [6, 6.07) is 1.60.